The van der Waals surface area contributed by atoms with E-state index in [2.05, 4.69) is 36.5 Å². The van der Waals surface area contributed by atoms with Crippen molar-refractivity contribution in [3.8, 4) is 0 Å². The molecule has 1 aromatic rings. The minimum atomic E-state index is 0.454. The standard InChI is InChI=1S/C15H24N2/c1-12-5-4-6-13(9-12)14(10-16)11-17-15-7-2-3-8-15/h4-6,9,14-15,17H,2-3,7-8,10-11,16H2,1H3. The van der Waals surface area contributed by atoms with Crippen LogP contribution in [0.3, 0.4) is 0 Å². The molecule has 0 heterocycles. The fraction of sp³-hybridized carbons (Fsp3) is 0.600. The molecule has 0 saturated heterocycles. The van der Waals surface area contributed by atoms with Gasteiger partial charge in [0.25, 0.3) is 0 Å². The average molecular weight is 232 g/mol. The van der Waals surface area contributed by atoms with E-state index in [0.29, 0.717) is 5.92 Å². The van der Waals surface area contributed by atoms with E-state index in [1.165, 1.54) is 36.8 Å². The lowest BCUT2D eigenvalue weighted by Crippen LogP contribution is -2.33. The number of nitrogens with two attached hydrogens (primary N) is 1. The number of nitrogens with one attached hydrogen (secondary N) is 1. The van der Waals surface area contributed by atoms with Crippen molar-refractivity contribution >= 4 is 0 Å². The molecule has 2 nitrogen and oxygen atoms in total. The van der Waals surface area contributed by atoms with Crippen LogP contribution < -0.4 is 11.1 Å². The smallest absolute Gasteiger partial charge is 0.00865 e. The van der Waals surface area contributed by atoms with Crippen LogP contribution in [0, 0.1) is 6.92 Å². The Balaban J connectivity index is 1.91. The second-order valence-electron chi connectivity index (χ2n) is 5.24. The molecular formula is C15H24N2. The molecule has 1 aromatic carbocycles. The monoisotopic (exact) mass is 232 g/mol. The van der Waals surface area contributed by atoms with E-state index in [9.17, 15) is 0 Å². The van der Waals surface area contributed by atoms with Crippen LogP contribution >= 0.6 is 0 Å². The second-order valence-corrected chi connectivity index (χ2v) is 5.24. The molecule has 2 rings (SSSR count). The summed E-state index contributed by atoms with van der Waals surface area (Å²) in [6, 6.07) is 9.45. The van der Waals surface area contributed by atoms with Gasteiger partial charge < -0.3 is 11.1 Å². The molecule has 94 valence electrons. The third-order valence-corrected chi connectivity index (χ3v) is 3.81. The van der Waals surface area contributed by atoms with E-state index in [-0.39, 0.29) is 0 Å². The number of hydrogen-bond acceptors (Lipinski definition) is 2. The molecule has 2 heteroatoms. The van der Waals surface area contributed by atoms with E-state index >= 15 is 0 Å². The summed E-state index contributed by atoms with van der Waals surface area (Å²) in [5, 5.41) is 3.67. The highest BCUT2D eigenvalue weighted by molar-refractivity contribution is 5.26. The van der Waals surface area contributed by atoms with Gasteiger partial charge in [0.05, 0.1) is 0 Å². The molecule has 1 saturated carbocycles. The van der Waals surface area contributed by atoms with Gasteiger partial charge in [-0.2, -0.15) is 0 Å². The van der Waals surface area contributed by atoms with Crippen LogP contribution in [0.1, 0.15) is 42.7 Å². The fourth-order valence-electron chi connectivity index (χ4n) is 2.70. The Morgan fingerprint density at radius 2 is 2.12 bits per heavy atom. The van der Waals surface area contributed by atoms with Crippen LogP contribution in [-0.4, -0.2) is 19.1 Å². The Kier molecular flexibility index (Phi) is 4.57. The van der Waals surface area contributed by atoms with Crippen molar-refractivity contribution < 1.29 is 0 Å². The lowest BCUT2D eigenvalue weighted by atomic mass is 9.97. The molecule has 1 aliphatic rings. The maximum Gasteiger partial charge on any atom is 0.00865 e. The summed E-state index contributed by atoms with van der Waals surface area (Å²) >= 11 is 0. The number of hydrogen-bond donors (Lipinski definition) is 2. The molecule has 1 aliphatic carbocycles. The largest absolute Gasteiger partial charge is 0.330 e. The van der Waals surface area contributed by atoms with Gasteiger partial charge in [-0.15, -0.1) is 0 Å². The third-order valence-electron chi connectivity index (χ3n) is 3.81. The molecule has 0 aliphatic heterocycles. The van der Waals surface area contributed by atoms with Crippen molar-refractivity contribution in [2.45, 2.75) is 44.6 Å². The topological polar surface area (TPSA) is 38.0 Å². The van der Waals surface area contributed by atoms with E-state index in [0.717, 1.165) is 19.1 Å². The van der Waals surface area contributed by atoms with Crippen LogP contribution in [0.25, 0.3) is 0 Å². The van der Waals surface area contributed by atoms with E-state index in [1.807, 2.05) is 0 Å². The molecular weight excluding hydrogens is 208 g/mol. The fourth-order valence-corrected chi connectivity index (χ4v) is 2.70. The molecule has 0 radical (unpaired) electrons. The first-order chi connectivity index (χ1) is 8.29. The summed E-state index contributed by atoms with van der Waals surface area (Å²) in [6.07, 6.45) is 5.45. The van der Waals surface area contributed by atoms with Crippen LogP contribution in [0.2, 0.25) is 0 Å². The summed E-state index contributed by atoms with van der Waals surface area (Å²) < 4.78 is 0. The van der Waals surface area contributed by atoms with Gasteiger partial charge in [-0.3, -0.25) is 0 Å². The molecule has 0 spiro atoms. The van der Waals surface area contributed by atoms with Gasteiger partial charge in [0.15, 0.2) is 0 Å². The molecule has 3 N–H and O–H groups in total. The first kappa shape index (κ1) is 12.6. The zero-order valence-corrected chi connectivity index (χ0v) is 10.8. The molecule has 17 heavy (non-hydrogen) atoms. The molecule has 0 aromatic heterocycles. The Labute approximate surface area is 105 Å². The summed E-state index contributed by atoms with van der Waals surface area (Å²) in [6.45, 7) is 3.88. The number of benzene rings is 1. The molecule has 0 amide bonds. The van der Waals surface area contributed by atoms with Gasteiger partial charge in [-0.1, -0.05) is 42.7 Å². The molecule has 1 fully saturated rings. The Bertz CT molecular complexity index is 343. The van der Waals surface area contributed by atoms with Gasteiger partial charge in [0.1, 0.15) is 0 Å². The lowest BCUT2D eigenvalue weighted by molar-refractivity contribution is 0.490. The van der Waals surface area contributed by atoms with E-state index in [1.54, 1.807) is 0 Å². The summed E-state index contributed by atoms with van der Waals surface area (Å²) in [4.78, 5) is 0. The van der Waals surface area contributed by atoms with Gasteiger partial charge in [0, 0.05) is 25.0 Å². The minimum absolute atomic E-state index is 0.454. The van der Waals surface area contributed by atoms with Crippen molar-refractivity contribution in [2.75, 3.05) is 13.1 Å². The summed E-state index contributed by atoms with van der Waals surface area (Å²) in [5.74, 6) is 0.454. The number of rotatable bonds is 5. The molecule has 1 unspecified atom stereocenters. The van der Waals surface area contributed by atoms with Crippen molar-refractivity contribution in [3.63, 3.8) is 0 Å². The highest BCUT2D eigenvalue weighted by Gasteiger charge is 2.16. The maximum atomic E-state index is 5.90. The van der Waals surface area contributed by atoms with E-state index < -0.39 is 0 Å². The minimum Gasteiger partial charge on any atom is -0.330 e. The van der Waals surface area contributed by atoms with Crippen LogP contribution in [0.4, 0.5) is 0 Å². The van der Waals surface area contributed by atoms with Crippen molar-refractivity contribution in [1.82, 2.24) is 5.32 Å². The zero-order chi connectivity index (χ0) is 12.1. The quantitative estimate of drug-likeness (QED) is 0.819. The number of aryl methyl sites for hydroxylation is 1. The van der Waals surface area contributed by atoms with Gasteiger partial charge in [0.2, 0.25) is 0 Å². The zero-order valence-electron chi connectivity index (χ0n) is 10.8. The Hall–Kier alpha value is -0.860. The first-order valence-electron chi connectivity index (χ1n) is 6.79. The lowest BCUT2D eigenvalue weighted by Gasteiger charge is -2.19. The van der Waals surface area contributed by atoms with Crippen molar-refractivity contribution in [2.24, 2.45) is 5.73 Å². The SMILES string of the molecule is Cc1cccc(C(CN)CNC2CCCC2)c1. The van der Waals surface area contributed by atoms with Crippen LogP contribution in [0.5, 0.6) is 0 Å². The maximum absolute atomic E-state index is 5.90. The Morgan fingerprint density at radius 1 is 1.35 bits per heavy atom. The molecule has 1 atom stereocenters. The van der Waals surface area contributed by atoms with Gasteiger partial charge in [-0.05, 0) is 25.3 Å². The highest BCUT2D eigenvalue weighted by atomic mass is 14.9. The summed E-state index contributed by atoms with van der Waals surface area (Å²) in [7, 11) is 0. The normalized spacial score (nSPS) is 18.5. The average Bonchev–Trinajstić information content (AvgIpc) is 2.83. The van der Waals surface area contributed by atoms with Gasteiger partial charge in [-0.25, -0.2) is 0 Å². The van der Waals surface area contributed by atoms with Gasteiger partial charge >= 0.3 is 0 Å². The summed E-state index contributed by atoms with van der Waals surface area (Å²) in [5.41, 5.74) is 8.59. The first-order valence-corrected chi connectivity index (χ1v) is 6.79. The predicted molar refractivity (Wildman–Crippen MR) is 73.2 cm³/mol. The third kappa shape index (κ3) is 3.55. The van der Waals surface area contributed by atoms with Crippen LogP contribution in [-0.2, 0) is 0 Å². The Morgan fingerprint density at radius 3 is 2.76 bits per heavy atom. The van der Waals surface area contributed by atoms with Crippen LogP contribution in [0.15, 0.2) is 24.3 Å². The second kappa shape index (κ2) is 6.18. The predicted octanol–water partition coefficient (Wildman–Crippen LogP) is 2.57. The van der Waals surface area contributed by atoms with Crippen molar-refractivity contribution in [1.29, 1.82) is 0 Å². The van der Waals surface area contributed by atoms with Crippen molar-refractivity contribution in [3.05, 3.63) is 35.4 Å². The highest BCUT2D eigenvalue weighted by Crippen LogP contribution is 2.20. The van der Waals surface area contributed by atoms with E-state index in [4.69, 9.17) is 5.73 Å². The molecule has 0 bridgehead atoms.